The van der Waals surface area contributed by atoms with E-state index in [-0.39, 0.29) is 5.41 Å². The van der Waals surface area contributed by atoms with Gasteiger partial charge in [-0.15, -0.1) is 0 Å². The van der Waals surface area contributed by atoms with Gasteiger partial charge in [-0.1, -0.05) is 23.7 Å². The first-order valence-electron chi connectivity index (χ1n) is 5.86. The molecule has 1 aromatic rings. The first kappa shape index (κ1) is 10.6. The van der Waals surface area contributed by atoms with Crippen molar-refractivity contribution in [2.75, 3.05) is 19.8 Å². The Morgan fingerprint density at radius 3 is 2.75 bits per heavy atom. The SMILES string of the molecule is Clc1cccc(C2(CNC3CC3)COC2)c1. The van der Waals surface area contributed by atoms with Crippen LogP contribution in [0.15, 0.2) is 24.3 Å². The molecule has 0 bridgehead atoms. The van der Waals surface area contributed by atoms with Crippen molar-refractivity contribution in [3.63, 3.8) is 0 Å². The minimum absolute atomic E-state index is 0.160. The van der Waals surface area contributed by atoms with Gasteiger partial charge in [0, 0.05) is 17.6 Å². The molecule has 0 spiro atoms. The van der Waals surface area contributed by atoms with E-state index in [1.165, 1.54) is 18.4 Å². The summed E-state index contributed by atoms with van der Waals surface area (Å²) in [5.74, 6) is 0. The monoisotopic (exact) mass is 237 g/mol. The molecule has 0 unspecified atom stereocenters. The minimum Gasteiger partial charge on any atom is -0.379 e. The summed E-state index contributed by atoms with van der Waals surface area (Å²) >= 11 is 6.05. The topological polar surface area (TPSA) is 21.3 Å². The summed E-state index contributed by atoms with van der Waals surface area (Å²) in [4.78, 5) is 0. The molecule has 3 rings (SSSR count). The lowest BCUT2D eigenvalue weighted by atomic mass is 9.78. The number of benzene rings is 1. The van der Waals surface area contributed by atoms with E-state index in [1.54, 1.807) is 0 Å². The molecule has 0 aromatic heterocycles. The molecular weight excluding hydrogens is 222 g/mol. The highest BCUT2D eigenvalue weighted by atomic mass is 35.5. The van der Waals surface area contributed by atoms with Crippen molar-refractivity contribution in [3.8, 4) is 0 Å². The lowest BCUT2D eigenvalue weighted by molar-refractivity contribution is -0.0591. The highest BCUT2D eigenvalue weighted by molar-refractivity contribution is 6.30. The van der Waals surface area contributed by atoms with Crippen LogP contribution in [0.2, 0.25) is 5.02 Å². The van der Waals surface area contributed by atoms with Gasteiger partial charge in [-0.2, -0.15) is 0 Å². The molecule has 0 amide bonds. The van der Waals surface area contributed by atoms with Gasteiger partial charge < -0.3 is 10.1 Å². The maximum absolute atomic E-state index is 6.05. The van der Waals surface area contributed by atoms with Crippen LogP contribution in [-0.2, 0) is 10.2 Å². The molecule has 2 nitrogen and oxygen atoms in total. The molecular formula is C13H16ClNO. The van der Waals surface area contributed by atoms with Crippen LogP contribution in [0.25, 0.3) is 0 Å². The summed E-state index contributed by atoms with van der Waals surface area (Å²) in [6, 6.07) is 8.92. The number of hydrogen-bond acceptors (Lipinski definition) is 2. The smallest absolute Gasteiger partial charge is 0.0598 e. The highest BCUT2D eigenvalue weighted by Crippen LogP contribution is 2.34. The van der Waals surface area contributed by atoms with Crippen LogP contribution >= 0.6 is 11.6 Å². The van der Waals surface area contributed by atoms with Crippen molar-refractivity contribution in [1.29, 1.82) is 0 Å². The van der Waals surface area contributed by atoms with Crippen LogP contribution in [0, 0.1) is 0 Å². The molecule has 1 saturated heterocycles. The molecule has 1 heterocycles. The standard InChI is InChI=1S/C13H16ClNO/c14-11-3-1-2-10(6-11)13(8-16-9-13)7-15-12-4-5-12/h1-3,6,12,15H,4-5,7-9H2. The fourth-order valence-corrected chi connectivity index (χ4v) is 2.36. The van der Waals surface area contributed by atoms with Crippen LogP contribution in [0.1, 0.15) is 18.4 Å². The van der Waals surface area contributed by atoms with Crippen LogP contribution < -0.4 is 5.32 Å². The minimum atomic E-state index is 0.160. The fourth-order valence-electron chi connectivity index (χ4n) is 2.16. The molecule has 1 N–H and O–H groups in total. The first-order valence-corrected chi connectivity index (χ1v) is 6.24. The van der Waals surface area contributed by atoms with Gasteiger partial charge in [0.25, 0.3) is 0 Å². The van der Waals surface area contributed by atoms with E-state index in [2.05, 4.69) is 17.4 Å². The van der Waals surface area contributed by atoms with E-state index in [4.69, 9.17) is 16.3 Å². The molecule has 86 valence electrons. The molecule has 2 fully saturated rings. The average Bonchev–Trinajstić information content (AvgIpc) is 3.00. The second kappa shape index (κ2) is 4.02. The highest BCUT2D eigenvalue weighted by Gasteiger charge is 2.41. The summed E-state index contributed by atoms with van der Waals surface area (Å²) in [6.45, 7) is 2.64. The van der Waals surface area contributed by atoms with Crippen LogP contribution in [0.5, 0.6) is 0 Å². The molecule has 16 heavy (non-hydrogen) atoms. The van der Waals surface area contributed by atoms with Crippen molar-refractivity contribution in [2.45, 2.75) is 24.3 Å². The second-order valence-corrected chi connectivity index (χ2v) is 5.38. The third kappa shape index (κ3) is 1.97. The maximum atomic E-state index is 6.05. The molecule has 1 saturated carbocycles. The summed E-state index contributed by atoms with van der Waals surface area (Å²) in [5.41, 5.74) is 1.47. The predicted molar refractivity (Wildman–Crippen MR) is 65.0 cm³/mol. The van der Waals surface area contributed by atoms with Crippen LogP contribution in [0.4, 0.5) is 0 Å². The number of halogens is 1. The predicted octanol–water partition coefficient (Wildman–Crippen LogP) is 2.36. The van der Waals surface area contributed by atoms with E-state index in [0.717, 1.165) is 30.8 Å². The Labute approximate surface area is 101 Å². The molecule has 1 aromatic carbocycles. The lowest BCUT2D eigenvalue weighted by Gasteiger charge is -2.42. The van der Waals surface area contributed by atoms with Crippen LogP contribution in [-0.4, -0.2) is 25.8 Å². The Morgan fingerprint density at radius 1 is 1.38 bits per heavy atom. The van der Waals surface area contributed by atoms with Gasteiger partial charge in [0.2, 0.25) is 0 Å². The average molecular weight is 238 g/mol. The van der Waals surface area contributed by atoms with Crippen molar-refractivity contribution in [2.24, 2.45) is 0 Å². The molecule has 0 atom stereocenters. The summed E-state index contributed by atoms with van der Waals surface area (Å²) < 4.78 is 5.40. The summed E-state index contributed by atoms with van der Waals surface area (Å²) in [6.07, 6.45) is 2.65. The number of rotatable bonds is 4. The van der Waals surface area contributed by atoms with Gasteiger partial charge in [-0.25, -0.2) is 0 Å². The van der Waals surface area contributed by atoms with E-state index in [9.17, 15) is 0 Å². The molecule has 1 aliphatic heterocycles. The third-order valence-corrected chi connectivity index (χ3v) is 3.74. The Kier molecular flexibility index (Phi) is 2.66. The van der Waals surface area contributed by atoms with Crippen molar-refractivity contribution < 1.29 is 4.74 Å². The number of ether oxygens (including phenoxy) is 1. The van der Waals surface area contributed by atoms with Gasteiger partial charge in [0.15, 0.2) is 0 Å². The van der Waals surface area contributed by atoms with E-state index < -0.39 is 0 Å². The number of nitrogens with one attached hydrogen (secondary N) is 1. The van der Waals surface area contributed by atoms with Crippen molar-refractivity contribution in [1.82, 2.24) is 5.32 Å². The van der Waals surface area contributed by atoms with Crippen molar-refractivity contribution in [3.05, 3.63) is 34.9 Å². The third-order valence-electron chi connectivity index (χ3n) is 3.50. The lowest BCUT2D eigenvalue weighted by Crippen LogP contribution is -2.53. The van der Waals surface area contributed by atoms with Crippen LogP contribution in [0.3, 0.4) is 0 Å². The normalized spacial score (nSPS) is 22.8. The Morgan fingerprint density at radius 2 is 2.19 bits per heavy atom. The second-order valence-electron chi connectivity index (χ2n) is 4.94. The van der Waals surface area contributed by atoms with Crippen molar-refractivity contribution >= 4 is 11.6 Å². The molecule has 0 radical (unpaired) electrons. The zero-order valence-corrected chi connectivity index (χ0v) is 9.96. The molecule has 3 heteroatoms. The van der Waals surface area contributed by atoms with E-state index in [0.29, 0.717) is 0 Å². The Hall–Kier alpha value is -0.570. The van der Waals surface area contributed by atoms with Gasteiger partial charge >= 0.3 is 0 Å². The molecule has 1 aliphatic carbocycles. The zero-order valence-electron chi connectivity index (χ0n) is 9.21. The fraction of sp³-hybridized carbons (Fsp3) is 0.538. The zero-order chi connectivity index (χ0) is 11.0. The van der Waals surface area contributed by atoms with Gasteiger partial charge in [-0.05, 0) is 30.5 Å². The quantitative estimate of drug-likeness (QED) is 0.868. The Balaban J connectivity index is 1.77. The Bertz CT molecular complexity index is 385. The molecule has 2 aliphatic rings. The summed E-state index contributed by atoms with van der Waals surface area (Å²) in [7, 11) is 0. The van der Waals surface area contributed by atoms with Gasteiger partial charge in [0.1, 0.15) is 0 Å². The summed E-state index contributed by atoms with van der Waals surface area (Å²) in [5, 5.41) is 4.41. The van der Waals surface area contributed by atoms with Gasteiger partial charge in [-0.3, -0.25) is 0 Å². The largest absolute Gasteiger partial charge is 0.379 e. The first-order chi connectivity index (χ1) is 7.78. The van der Waals surface area contributed by atoms with E-state index >= 15 is 0 Å². The van der Waals surface area contributed by atoms with Gasteiger partial charge in [0.05, 0.1) is 18.6 Å². The maximum Gasteiger partial charge on any atom is 0.0598 e. The number of hydrogen-bond donors (Lipinski definition) is 1. The van der Waals surface area contributed by atoms with E-state index in [1.807, 2.05) is 12.1 Å².